The Morgan fingerprint density at radius 3 is 2.45 bits per heavy atom. The number of hydrogen-bond acceptors (Lipinski definition) is 5. The number of ether oxygens (including phenoxy) is 1. The second-order valence-corrected chi connectivity index (χ2v) is 6.52. The van der Waals surface area contributed by atoms with Crippen molar-refractivity contribution >= 4 is 34.9 Å². The van der Waals surface area contributed by atoms with Gasteiger partial charge in [0, 0.05) is 23.0 Å². The van der Waals surface area contributed by atoms with Crippen molar-refractivity contribution in [3.63, 3.8) is 0 Å². The Hall–Kier alpha value is -3.51. The molecule has 0 saturated carbocycles. The zero-order valence-corrected chi connectivity index (χ0v) is 16.2. The number of hydrogen-bond donors (Lipinski definition) is 1. The maximum absolute atomic E-state index is 12.9. The van der Waals surface area contributed by atoms with Gasteiger partial charge in [-0.3, -0.25) is 9.59 Å². The van der Waals surface area contributed by atoms with Gasteiger partial charge in [-0.05, 0) is 31.2 Å². The summed E-state index contributed by atoms with van der Waals surface area (Å²) in [5, 5.41) is 2.68. The summed E-state index contributed by atoms with van der Waals surface area (Å²) in [6, 6.07) is 18.1. The molecule has 2 aromatic carbocycles. The number of benzene rings is 2. The summed E-state index contributed by atoms with van der Waals surface area (Å²) in [5.41, 5.74) is 1.42. The molecule has 0 aliphatic rings. The summed E-state index contributed by atoms with van der Waals surface area (Å²) < 4.78 is 5.47. The molecule has 0 aliphatic heterocycles. The van der Waals surface area contributed by atoms with E-state index >= 15 is 0 Å². The molecule has 6 nitrogen and oxygen atoms in total. The molecule has 0 radical (unpaired) electrons. The fraction of sp³-hybridized carbons (Fsp3) is 0.0909. The second-order valence-electron chi connectivity index (χ2n) is 6.16. The van der Waals surface area contributed by atoms with Crippen LogP contribution >= 0.6 is 11.6 Å². The van der Waals surface area contributed by atoms with Crippen LogP contribution in [0.2, 0.25) is 5.15 Å². The lowest BCUT2D eigenvalue weighted by atomic mass is 10.1. The standard InChI is InChI=1S/C22H17ClN2O4/c1-14(26)16-9-5-10-17(13-16)25-21(27)19(15-7-3-2-4-8-15)29-22(28)18-11-6-12-24-20(18)23/h2-13,19H,1H3,(H,25,27)/t19-/m0/s1. The summed E-state index contributed by atoms with van der Waals surface area (Å²) >= 11 is 5.96. The summed E-state index contributed by atoms with van der Waals surface area (Å²) in [4.78, 5) is 40.9. The molecule has 29 heavy (non-hydrogen) atoms. The molecule has 0 bridgehead atoms. The molecule has 0 spiro atoms. The first-order valence-corrected chi connectivity index (χ1v) is 9.12. The molecule has 1 amide bonds. The fourth-order valence-corrected chi connectivity index (χ4v) is 2.83. The Morgan fingerprint density at radius 1 is 1.00 bits per heavy atom. The number of nitrogens with zero attached hydrogens (tertiary/aromatic N) is 1. The van der Waals surface area contributed by atoms with Crippen molar-refractivity contribution in [1.29, 1.82) is 0 Å². The highest BCUT2D eigenvalue weighted by Crippen LogP contribution is 2.23. The summed E-state index contributed by atoms with van der Waals surface area (Å²) in [6.07, 6.45) is 0.226. The van der Waals surface area contributed by atoms with Crippen LogP contribution in [0.15, 0.2) is 72.9 Å². The Morgan fingerprint density at radius 2 is 1.76 bits per heavy atom. The van der Waals surface area contributed by atoms with Crippen LogP contribution in [0.25, 0.3) is 0 Å². The van der Waals surface area contributed by atoms with Crippen LogP contribution in [0.1, 0.15) is 39.3 Å². The Labute approximate surface area is 172 Å². The van der Waals surface area contributed by atoms with Crippen molar-refractivity contribution in [3.8, 4) is 0 Å². The molecule has 1 atom stereocenters. The molecule has 1 N–H and O–H groups in total. The van der Waals surface area contributed by atoms with E-state index in [2.05, 4.69) is 10.3 Å². The first-order valence-electron chi connectivity index (χ1n) is 8.74. The van der Waals surface area contributed by atoms with E-state index in [0.29, 0.717) is 16.8 Å². The van der Waals surface area contributed by atoms with Crippen LogP contribution in [0.5, 0.6) is 0 Å². The number of pyridine rings is 1. The third-order valence-electron chi connectivity index (χ3n) is 4.08. The van der Waals surface area contributed by atoms with Gasteiger partial charge in [-0.2, -0.15) is 0 Å². The quantitative estimate of drug-likeness (QED) is 0.369. The number of anilines is 1. The van der Waals surface area contributed by atoms with Gasteiger partial charge in [-0.15, -0.1) is 0 Å². The van der Waals surface area contributed by atoms with Gasteiger partial charge in [0.05, 0.1) is 5.56 Å². The molecule has 0 saturated heterocycles. The van der Waals surface area contributed by atoms with Crippen LogP contribution in [0.3, 0.4) is 0 Å². The highest BCUT2D eigenvalue weighted by atomic mass is 35.5. The number of nitrogens with one attached hydrogen (secondary N) is 1. The number of carbonyl (C=O) groups is 3. The van der Waals surface area contributed by atoms with Gasteiger partial charge in [-0.25, -0.2) is 9.78 Å². The fourth-order valence-electron chi connectivity index (χ4n) is 2.63. The van der Waals surface area contributed by atoms with Gasteiger partial charge in [0.2, 0.25) is 6.10 Å². The van der Waals surface area contributed by atoms with Crippen LogP contribution in [-0.2, 0) is 9.53 Å². The van der Waals surface area contributed by atoms with E-state index < -0.39 is 18.0 Å². The molecular weight excluding hydrogens is 392 g/mol. The zero-order valence-electron chi connectivity index (χ0n) is 15.5. The minimum Gasteiger partial charge on any atom is -0.444 e. The van der Waals surface area contributed by atoms with Gasteiger partial charge >= 0.3 is 5.97 Å². The van der Waals surface area contributed by atoms with E-state index in [-0.39, 0.29) is 16.5 Å². The predicted octanol–water partition coefficient (Wildman–Crippen LogP) is 4.47. The third-order valence-corrected chi connectivity index (χ3v) is 4.38. The second kappa shape index (κ2) is 9.12. The Balaban J connectivity index is 1.87. The molecular formula is C22H17ClN2O4. The maximum atomic E-state index is 12.9. The summed E-state index contributed by atoms with van der Waals surface area (Å²) in [6.45, 7) is 1.44. The largest absolute Gasteiger partial charge is 0.444 e. The number of esters is 1. The monoisotopic (exact) mass is 408 g/mol. The van der Waals surface area contributed by atoms with Crippen molar-refractivity contribution in [1.82, 2.24) is 4.98 Å². The van der Waals surface area contributed by atoms with E-state index in [1.807, 2.05) is 0 Å². The Bertz CT molecular complexity index is 1050. The highest BCUT2D eigenvalue weighted by Gasteiger charge is 2.27. The topological polar surface area (TPSA) is 85.4 Å². The number of rotatable bonds is 6. The number of Topliss-reactive ketones (excluding diaryl/α,β-unsaturated/α-hetero) is 1. The lowest BCUT2D eigenvalue weighted by Crippen LogP contribution is -2.26. The van der Waals surface area contributed by atoms with Gasteiger partial charge in [-0.1, -0.05) is 54.1 Å². The summed E-state index contributed by atoms with van der Waals surface area (Å²) in [7, 11) is 0. The minimum atomic E-state index is -1.22. The van der Waals surface area contributed by atoms with E-state index in [0.717, 1.165) is 0 Å². The van der Waals surface area contributed by atoms with Crippen molar-refractivity contribution in [2.45, 2.75) is 13.0 Å². The molecule has 0 aliphatic carbocycles. The zero-order chi connectivity index (χ0) is 20.8. The van der Waals surface area contributed by atoms with Gasteiger partial charge in [0.1, 0.15) is 5.15 Å². The average Bonchev–Trinajstić information content (AvgIpc) is 2.73. The van der Waals surface area contributed by atoms with Crippen LogP contribution in [-0.4, -0.2) is 22.6 Å². The van der Waals surface area contributed by atoms with Crippen LogP contribution < -0.4 is 5.32 Å². The highest BCUT2D eigenvalue weighted by molar-refractivity contribution is 6.32. The normalized spacial score (nSPS) is 11.4. The maximum Gasteiger partial charge on any atom is 0.342 e. The molecule has 7 heteroatoms. The van der Waals surface area contributed by atoms with E-state index in [1.165, 1.54) is 19.2 Å². The number of ketones is 1. The smallest absolute Gasteiger partial charge is 0.342 e. The SMILES string of the molecule is CC(=O)c1cccc(NC(=O)[C@@H](OC(=O)c2cccnc2Cl)c2ccccc2)c1. The first kappa shape index (κ1) is 20.2. The Kier molecular flexibility index (Phi) is 6.36. The molecule has 3 rings (SSSR count). The van der Waals surface area contributed by atoms with Gasteiger partial charge in [0.15, 0.2) is 5.78 Å². The molecule has 0 fully saturated rings. The van der Waals surface area contributed by atoms with Crippen LogP contribution in [0.4, 0.5) is 5.69 Å². The molecule has 0 unspecified atom stereocenters. The van der Waals surface area contributed by atoms with E-state index in [9.17, 15) is 14.4 Å². The van der Waals surface area contributed by atoms with E-state index in [1.54, 1.807) is 60.7 Å². The van der Waals surface area contributed by atoms with Gasteiger partial charge < -0.3 is 10.1 Å². The average molecular weight is 409 g/mol. The molecule has 146 valence electrons. The lowest BCUT2D eigenvalue weighted by Gasteiger charge is -2.18. The van der Waals surface area contributed by atoms with Crippen molar-refractivity contribution in [2.75, 3.05) is 5.32 Å². The first-order chi connectivity index (χ1) is 14.0. The minimum absolute atomic E-state index is 0.0149. The number of aromatic nitrogens is 1. The lowest BCUT2D eigenvalue weighted by molar-refractivity contribution is -0.125. The van der Waals surface area contributed by atoms with Gasteiger partial charge in [0.25, 0.3) is 5.91 Å². The summed E-state index contributed by atoms with van der Waals surface area (Å²) in [5.74, 6) is -1.46. The van der Waals surface area contributed by atoms with Crippen molar-refractivity contribution in [3.05, 3.63) is 94.8 Å². The number of halogens is 1. The molecule has 1 heterocycles. The van der Waals surface area contributed by atoms with Crippen molar-refractivity contribution < 1.29 is 19.1 Å². The predicted molar refractivity (Wildman–Crippen MR) is 109 cm³/mol. The molecule has 3 aromatic rings. The van der Waals surface area contributed by atoms with E-state index in [4.69, 9.17) is 16.3 Å². The number of carbonyl (C=O) groups excluding carboxylic acids is 3. The van der Waals surface area contributed by atoms with Crippen molar-refractivity contribution in [2.24, 2.45) is 0 Å². The third kappa shape index (κ3) is 5.06. The van der Waals surface area contributed by atoms with Crippen LogP contribution in [0, 0.1) is 0 Å². The number of amides is 1. The molecule has 1 aromatic heterocycles.